The molecule has 18 heavy (non-hydrogen) atoms. The van der Waals surface area contributed by atoms with Crippen LogP contribution in [0.25, 0.3) is 0 Å². The zero-order valence-electron chi connectivity index (χ0n) is 10.8. The van der Waals surface area contributed by atoms with Crippen LogP contribution in [-0.4, -0.2) is 27.5 Å². The molecule has 1 aromatic rings. The molecule has 0 aliphatic heterocycles. The second-order valence-corrected chi connectivity index (χ2v) is 6.16. The van der Waals surface area contributed by atoms with Gasteiger partial charge in [0.15, 0.2) is 0 Å². The summed E-state index contributed by atoms with van der Waals surface area (Å²) in [5.41, 5.74) is -1.57. The summed E-state index contributed by atoms with van der Waals surface area (Å²) in [7, 11) is 0. The van der Waals surface area contributed by atoms with Crippen molar-refractivity contribution in [1.29, 1.82) is 0 Å². The Labute approximate surface area is 114 Å². The van der Waals surface area contributed by atoms with Crippen molar-refractivity contribution in [2.45, 2.75) is 33.2 Å². The number of rotatable bonds is 4. The smallest absolute Gasteiger partial charge is 0.311 e. The summed E-state index contributed by atoms with van der Waals surface area (Å²) < 4.78 is 0.767. The number of aliphatic carboxylic acids is 1. The van der Waals surface area contributed by atoms with Gasteiger partial charge in [-0.2, -0.15) is 0 Å². The second-order valence-electron chi connectivity index (χ2n) is 5.24. The van der Waals surface area contributed by atoms with Crippen LogP contribution < -0.4 is 5.32 Å². The average Bonchev–Trinajstić information content (AvgIpc) is 2.63. The zero-order valence-corrected chi connectivity index (χ0v) is 12.4. The van der Waals surface area contributed by atoms with E-state index in [1.807, 2.05) is 0 Å². The summed E-state index contributed by atoms with van der Waals surface area (Å²) in [6.07, 6.45) is 1.64. The van der Waals surface area contributed by atoms with E-state index in [9.17, 15) is 14.7 Å². The summed E-state index contributed by atoms with van der Waals surface area (Å²) in [5, 5.41) is 11.9. The van der Waals surface area contributed by atoms with Crippen molar-refractivity contribution in [2.24, 2.45) is 5.41 Å². The molecule has 0 unspecified atom stereocenters. The monoisotopic (exact) mass is 316 g/mol. The Hall–Kier alpha value is -1.30. The third-order valence-electron chi connectivity index (χ3n) is 3.42. The number of carboxylic acids is 1. The van der Waals surface area contributed by atoms with Crippen LogP contribution in [0.5, 0.6) is 0 Å². The van der Waals surface area contributed by atoms with Gasteiger partial charge in [0.05, 0.1) is 11.0 Å². The van der Waals surface area contributed by atoms with Crippen molar-refractivity contribution >= 4 is 27.8 Å². The normalized spacial score (nSPS) is 12.3. The quantitative estimate of drug-likeness (QED) is 0.797. The molecule has 5 nitrogen and oxygen atoms in total. The van der Waals surface area contributed by atoms with Crippen LogP contribution in [0.15, 0.2) is 16.7 Å². The lowest BCUT2D eigenvalue weighted by atomic mass is 9.74. The summed E-state index contributed by atoms with van der Waals surface area (Å²) >= 11 is 3.24. The molecule has 0 aliphatic rings. The first-order chi connectivity index (χ1) is 8.08. The van der Waals surface area contributed by atoms with Gasteiger partial charge in [0, 0.05) is 10.7 Å². The second kappa shape index (κ2) is 4.76. The van der Waals surface area contributed by atoms with Crippen LogP contribution in [0.2, 0.25) is 0 Å². The van der Waals surface area contributed by atoms with Gasteiger partial charge in [-0.25, -0.2) is 0 Å². The fourth-order valence-corrected chi connectivity index (χ4v) is 1.62. The molecule has 1 amide bonds. The number of amides is 1. The Morgan fingerprint density at radius 1 is 1.33 bits per heavy atom. The standard InChI is InChI=1S/C12H17BrN2O3/c1-11(2,10(17)18)12(3,4)15-9(16)8-5-7(13)6-14-8/h5-6,14H,1-4H3,(H,15,16)(H,17,18). The van der Waals surface area contributed by atoms with E-state index in [0.29, 0.717) is 5.69 Å². The molecule has 6 heteroatoms. The number of nitrogens with one attached hydrogen (secondary N) is 2. The predicted octanol–water partition coefficient (Wildman–Crippen LogP) is 2.40. The SMILES string of the molecule is CC(C)(NC(=O)c1cc(Br)c[nH]1)C(C)(C)C(=O)O. The minimum absolute atomic E-state index is 0.333. The number of carbonyl (C=O) groups is 2. The number of carbonyl (C=O) groups excluding carboxylic acids is 1. The van der Waals surface area contributed by atoms with Crippen LogP contribution >= 0.6 is 15.9 Å². The average molecular weight is 317 g/mol. The van der Waals surface area contributed by atoms with Crippen LogP contribution in [0.3, 0.4) is 0 Å². The molecule has 1 heterocycles. The molecule has 3 N–H and O–H groups in total. The molecule has 0 spiro atoms. The first-order valence-corrected chi connectivity index (χ1v) is 6.27. The van der Waals surface area contributed by atoms with E-state index < -0.39 is 16.9 Å². The molecular formula is C12H17BrN2O3. The van der Waals surface area contributed by atoms with Gasteiger partial charge in [0.2, 0.25) is 0 Å². The third-order valence-corrected chi connectivity index (χ3v) is 3.87. The number of hydrogen-bond acceptors (Lipinski definition) is 2. The predicted molar refractivity (Wildman–Crippen MR) is 71.5 cm³/mol. The fourth-order valence-electron chi connectivity index (χ4n) is 1.27. The maximum Gasteiger partial charge on any atom is 0.311 e. The molecule has 0 radical (unpaired) electrons. The highest BCUT2D eigenvalue weighted by atomic mass is 79.9. The molecule has 0 saturated heterocycles. The number of halogens is 1. The number of hydrogen-bond donors (Lipinski definition) is 3. The van der Waals surface area contributed by atoms with E-state index in [2.05, 4.69) is 26.2 Å². The molecule has 0 aromatic carbocycles. The van der Waals surface area contributed by atoms with Gasteiger partial charge in [-0.05, 0) is 49.7 Å². The molecule has 0 saturated carbocycles. The van der Waals surface area contributed by atoms with Gasteiger partial charge in [-0.3, -0.25) is 9.59 Å². The van der Waals surface area contributed by atoms with Gasteiger partial charge >= 0.3 is 5.97 Å². The van der Waals surface area contributed by atoms with Gasteiger partial charge in [0.25, 0.3) is 5.91 Å². The lowest BCUT2D eigenvalue weighted by molar-refractivity contribution is -0.150. The molecule has 0 atom stereocenters. The Kier molecular flexibility index (Phi) is 3.90. The number of H-pyrrole nitrogens is 1. The van der Waals surface area contributed by atoms with E-state index in [0.717, 1.165) is 4.47 Å². The van der Waals surface area contributed by atoms with Crippen LogP contribution in [0.1, 0.15) is 38.2 Å². The van der Waals surface area contributed by atoms with Crippen molar-refractivity contribution in [2.75, 3.05) is 0 Å². The van der Waals surface area contributed by atoms with Crippen LogP contribution in [-0.2, 0) is 4.79 Å². The number of aromatic nitrogens is 1. The highest BCUT2D eigenvalue weighted by Gasteiger charge is 2.44. The third kappa shape index (κ3) is 2.75. The zero-order chi connectivity index (χ0) is 14.1. The summed E-state index contributed by atoms with van der Waals surface area (Å²) in [5.74, 6) is -1.29. The van der Waals surface area contributed by atoms with Crippen molar-refractivity contribution < 1.29 is 14.7 Å². The van der Waals surface area contributed by atoms with E-state index in [1.54, 1.807) is 40.0 Å². The van der Waals surface area contributed by atoms with Gasteiger partial charge in [0.1, 0.15) is 5.69 Å². The highest BCUT2D eigenvalue weighted by Crippen LogP contribution is 2.31. The fraction of sp³-hybridized carbons (Fsp3) is 0.500. The lowest BCUT2D eigenvalue weighted by Gasteiger charge is -2.38. The highest BCUT2D eigenvalue weighted by molar-refractivity contribution is 9.10. The molecule has 1 rings (SSSR count). The molecule has 0 aliphatic carbocycles. The van der Waals surface area contributed by atoms with Gasteiger partial charge < -0.3 is 15.4 Å². The van der Waals surface area contributed by atoms with E-state index in [-0.39, 0.29) is 5.91 Å². The molecule has 0 fully saturated rings. The first-order valence-electron chi connectivity index (χ1n) is 5.48. The first kappa shape index (κ1) is 14.8. The Morgan fingerprint density at radius 3 is 2.28 bits per heavy atom. The largest absolute Gasteiger partial charge is 0.481 e. The van der Waals surface area contributed by atoms with Gasteiger partial charge in [-0.15, -0.1) is 0 Å². The topological polar surface area (TPSA) is 82.2 Å². The van der Waals surface area contributed by atoms with Crippen LogP contribution in [0.4, 0.5) is 0 Å². The van der Waals surface area contributed by atoms with Crippen molar-refractivity contribution in [3.8, 4) is 0 Å². The van der Waals surface area contributed by atoms with Gasteiger partial charge in [-0.1, -0.05) is 0 Å². The summed E-state index contributed by atoms with van der Waals surface area (Å²) in [4.78, 5) is 26.0. The Balaban J connectivity index is 2.90. The Bertz CT molecular complexity index is 477. The minimum Gasteiger partial charge on any atom is -0.481 e. The van der Waals surface area contributed by atoms with Crippen molar-refractivity contribution in [1.82, 2.24) is 10.3 Å². The minimum atomic E-state index is -1.08. The van der Waals surface area contributed by atoms with E-state index in [1.165, 1.54) is 0 Å². The Morgan fingerprint density at radius 2 is 1.89 bits per heavy atom. The number of carboxylic acid groups (broad SMARTS) is 1. The summed E-state index contributed by atoms with van der Waals surface area (Å²) in [6.45, 7) is 6.55. The van der Waals surface area contributed by atoms with Crippen LogP contribution in [0, 0.1) is 5.41 Å². The maximum absolute atomic E-state index is 12.0. The maximum atomic E-state index is 12.0. The number of aromatic amines is 1. The molecule has 0 bridgehead atoms. The molecule has 100 valence electrons. The lowest BCUT2D eigenvalue weighted by Crippen LogP contribution is -2.57. The molecule has 1 aromatic heterocycles. The summed E-state index contributed by atoms with van der Waals surface area (Å²) in [6, 6.07) is 1.64. The van der Waals surface area contributed by atoms with Crippen molar-refractivity contribution in [3.63, 3.8) is 0 Å². The van der Waals surface area contributed by atoms with E-state index in [4.69, 9.17) is 0 Å². The van der Waals surface area contributed by atoms with Crippen molar-refractivity contribution in [3.05, 3.63) is 22.4 Å². The van der Waals surface area contributed by atoms with E-state index >= 15 is 0 Å². The molecular weight excluding hydrogens is 300 g/mol.